The van der Waals surface area contributed by atoms with Crippen molar-refractivity contribution >= 4 is 50.7 Å². The van der Waals surface area contributed by atoms with Gasteiger partial charge in [-0.05, 0) is 55.3 Å². The predicted molar refractivity (Wildman–Crippen MR) is 152 cm³/mol. The lowest BCUT2D eigenvalue weighted by Gasteiger charge is -2.32. The molecule has 0 aliphatic heterocycles. The average Bonchev–Trinajstić information content (AvgIpc) is 2.91. The molecule has 2 amide bonds. The third-order valence-electron chi connectivity index (χ3n) is 6.01. The fourth-order valence-corrected chi connectivity index (χ4v) is 5.70. The Balaban J connectivity index is 1.98. The molecule has 3 rings (SSSR count). The van der Waals surface area contributed by atoms with Crippen molar-refractivity contribution in [3.05, 3.63) is 94.5 Å². The van der Waals surface area contributed by atoms with E-state index in [1.54, 1.807) is 73.7 Å². The van der Waals surface area contributed by atoms with Crippen LogP contribution in [0.4, 0.5) is 5.69 Å². The first-order valence-corrected chi connectivity index (χ1v) is 14.5. The summed E-state index contributed by atoms with van der Waals surface area (Å²) in [5, 5.41) is 3.63. The predicted octanol–water partition coefficient (Wildman–Crippen LogP) is 5.52. The molecule has 3 aromatic rings. The molecule has 0 saturated carbocycles. The minimum absolute atomic E-state index is 0.00872. The van der Waals surface area contributed by atoms with Crippen LogP contribution in [0.2, 0.25) is 10.0 Å². The van der Waals surface area contributed by atoms with Crippen molar-refractivity contribution in [1.82, 2.24) is 10.2 Å². The van der Waals surface area contributed by atoms with Crippen LogP contribution in [-0.4, -0.2) is 44.3 Å². The van der Waals surface area contributed by atoms with Gasteiger partial charge in [-0.3, -0.25) is 13.9 Å². The first-order valence-electron chi connectivity index (χ1n) is 12.3. The van der Waals surface area contributed by atoms with Crippen molar-refractivity contribution < 1.29 is 18.0 Å². The van der Waals surface area contributed by atoms with Gasteiger partial charge in [0.05, 0.1) is 10.6 Å². The summed E-state index contributed by atoms with van der Waals surface area (Å²) in [6, 6.07) is 20.3. The quantitative estimate of drug-likeness (QED) is 0.288. The van der Waals surface area contributed by atoms with Crippen LogP contribution < -0.4 is 9.62 Å². The van der Waals surface area contributed by atoms with Gasteiger partial charge in [0.15, 0.2) is 0 Å². The van der Waals surface area contributed by atoms with Gasteiger partial charge in [0.2, 0.25) is 11.8 Å². The fraction of sp³-hybridized carbons (Fsp3) is 0.286. The number of carbonyl (C=O) groups excluding carboxylic acids is 2. The van der Waals surface area contributed by atoms with E-state index >= 15 is 0 Å². The van der Waals surface area contributed by atoms with Crippen molar-refractivity contribution in [3.8, 4) is 0 Å². The Bertz CT molecular complexity index is 1340. The topological polar surface area (TPSA) is 86.8 Å². The number of para-hydroxylation sites is 1. The molecule has 0 aliphatic rings. The number of nitrogens with zero attached hydrogens (tertiary/aromatic N) is 2. The Morgan fingerprint density at radius 3 is 2.18 bits per heavy atom. The number of hydrogen-bond donors (Lipinski definition) is 1. The zero-order valence-electron chi connectivity index (χ0n) is 21.3. The van der Waals surface area contributed by atoms with Crippen molar-refractivity contribution in [3.63, 3.8) is 0 Å². The molecule has 0 aliphatic carbocycles. The summed E-state index contributed by atoms with van der Waals surface area (Å²) in [7, 11) is -4.09. The molecule has 1 atom stereocenters. The van der Waals surface area contributed by atoms with Crippen LogP contribution in [0, 0.1) is 0 Å². The van der Waals surface area contributed by atoms with Crippen molar-refractivity contribution in [2.45, 2.75) is 44.2 Å². The van der Waals surface area contributed by atoms with E-state index in [9.17, 15) is 18.0 Å². The van der Waals surface area contributed by atoms with Gasteiger partial charge in [-0.1, -0.05) is 79.0 Å². The highest BCUT2D eigenvalue weighted by Gasteiger charge is 2.32. The van der Waals surface area contributed by atoms with E-state index in [0.717, 1.165) is 17.1 Å². The molecule has 7 nitrogen and oxygen atoms in total. The second-order valence-electron chi connectivity index (χ2n) is 8.74. The fourth-order valence-electron chi connectivity index (χ4n) is 3.79. The van der Waals surface area contributed by atoms with Gasteiger partial charge in [-0.2, -0.15) is 0 Å². The molecule has 38 heavy (non-hydrogen) atoms. The minimum atomic E-state index is -4.09. The molecule has 0 spiro atoms. The van der Waals surface area contributed by atoms with Crippen LogP contribution in [0.5, 0.6) is 0 Å². The van der Waals surface area contributed by atoms with Crippen molar-refractivity contribution in [2.24, 2.45) is 0 Å². The smallest absolute Gasteiger partial charge is 0.264 e. The van der Waals surface area contributed by atoms with Crippen LogP contribution in [0.1, 0.15) is 32.3 Å². The zero-order valence-corrected chi connectivity index (χ0v) is 23.6. The lowest BCUT2D eigenvalue weighted by molar-refractivity contribution is -0.139. The molecule has 1 N–H and O–H groups in total. The highest BCUT2D eigenvalue weighted by Crippen LogP contribution is 2.26. The molecular formula is C28H31Cl2N3O4S. The Morgan fingerprint density at radius 1 is 0.947 bits per heavy atom. The summed E-state index contributed by atoms with van der Waals surface area (Å²) >= 11 is 12.4. The second kappa shape index (κ2) is 13.6. The van der Waals surface area contributed by atoms with Gasteiger partial charge in [0.1, 0.15) is 12.6 Å². The second-order valence-corrected chi connectivity index (χ2v) is 11.4. The summed E-state index contributed by atoms with van der Waals surface area (Å²) in [6.07, 6.45) is 1.70. The first-order chi connectivity index (χ1) is 18.1. The number of halogens is 2. The Kier molecular flexibility index (Phi) is 10.6. The molecule has 0 bridgehead atoms. The maximum absolute atomic E-state index is 13.8. The van der Waals surface area contributed by atoms with E-state index in [4.69, 9.17) is 23.2 Å². The van der Waals surface area contributed by atoms with E-state index in [2.05, 4.69) is 5.32 Å². The summed E-state index contributed by atoms with van der Waals surface area (Å²) < 4.78 is 28.4. The van der Waals surface area contributed by atoms with Gasteiger partial charge in [-0.25, -0.2) is 8.42 Å². The van der Waals surface area contributed by atoms with Crippen LogP contribution >= 0.6 is 23.2 Å². The molecule has 202 valence electrons. The Hall–Kier alpha value is -3.07. The molecule has 10 heteroatoms. The van der Waals surface area contributed by atoms with Crippen LogP contribution in [0.3, 0.4) is 0 Å². The van der Waals surface area contributed by atoms with Crippen molar-refractivity contribution in [2.75, 3.05) is 17.4 Å². The maximum Gasteiger partial charge on any atom is 0.264 e. The van der Waals surface area contributed by atoms with Crippen LogP contribution in [-0.2, 0) is 26.2 Å². The lowest BCUT2D eigenvalue weighted by Crippen LogP contribution is -2.51. The van der Waals surface area contributed by atoms with E-state index in [1.165, 1.54) is 17.0 Å². The highest BCUT2D eigenvalue weighted by molar-refractivity contribution is 7.92. The van der Waals surface area contributed by atoms with E-state index in [0.29, 0.717) is 27.8 Å². The molecule has 0 fully saturated rings. The molecule has 0 heterocycles. The summed E-state index contributed by atoms with van der Waals surface area (Å²) in [4.78, 5) is 28.2. The maximum atomic E-state index is 13.8. The third kappa shape index (κ3) is 7.49. The molecule has 0 unspecified atom stereocenters. The number of hydrogen-bond acceptors (Lipinski definition) is 4. The van der Waals surface area contributed by atoms with Crippen molar-refractivity contribution in [1.29, 1.82) is 0 Å². The monoisotopic (exact) mass is 575 g/mol. The minimum Gasteiger partial charge on any atom is -0.354 e. The molecule has 0 saturated heterocycles. The molecule has 3 aromatic carbocycles. The SMILES string of the molecule is CCCCNC(=O)[C@H](C)N(Cc1ccc(Cl)cc1Cl)C(=O)CN(c1ccccc1)S(=O)(=O)c1ccccc1. The van der Waals surface area contributed by atoms with Crippen LogP contribution in [0.25, 0.3) is 0 Å². The normalized spacial score (nSPS) is 12.0. The number of rotatable bonds is 12. The third-order valence-corrected chi connectivity index (χ3v) is 8.38. The Morgan fingerprint density at radius 2 is 1.58 bits per heavy atom. The standard InChI is InChI=1S/C28H31Cl2N3O4S/c1-3-4-17-31-28(35)21(2)32(19-22-15-16-23(29)18-26(22)30)27(34)20-33(24-11-7-5-8-12-24)38(36,37)25-13-9-6-10-14-25/h5-16,18,21H,3-4,17,19-20H2,1-2H3,(H,31,35)/t21-/m0/s1. The molecular weight excluding hydrogens is 545 g/mol. The molecule has 0 radical (unpaired) electrons. The number of anilines is 1. The van der Waals surface area contributed by atoms with E-state index in [1.807, 2.05) is 6.92 Å². The highest BCUT2D eigenvalue weighted by atomic mass is 35.5. The average molecular weight is 577 g/mol. The number of benzene rings is 3. The largest absolute Gasteiger partial charge is 0.354 e. The Labute approximate surface area is 234 Å². The molecule has 0 aromatic heterocycles. The van der Waals surface area contributed by atoms with E-state index in [-0.39, 0.29) is 17.3 Å². The number of amides is 2. The lowest BCUT2D eigenvalue weighted by atomic mass is 10.1. The van der Waals surface area contributed by atoms with Crippen LogP contribution in [0.15, 0.2) is 83.8 Å². The van der Waals surface area contributed by atoms with Gasteiger partial charge in [0, 0.05) is 23.1 Å². The number of nitrogens with one attached hydrogen (secondary N) is 1. The number of carbonyl (C=O) groups is 2. The zero-order chi connectivity index (χ0) is 27.7. The summed E-state index contributed by atoms with van der Waals surface area (Å²) in [5.74, 6) is -0.897. The first kappa shape index (κ1) is 29.5. The number of unbranched alkanes of at least 4 members (excludes halogenated alkanes) is 1. The van der Waals surface area contributed by atoms with Gasteiger partial charge >= 0.3 is 0 Å². The van der Waals surface area contributed by atoms with Gasteiger partial charge < -0.3 is 10.2 Å². The number of sulfonamides is 1. The van der Waals surface area contributed by atoms with Gasteiger partial charge in [0.25, 0.3) is 10.0 Å². The van der Waals surface area contributed by atoms with E-state index < -0.39 is 28.5 Å². The van der Waals surface area contributed by atoms with Gasteiger partial charge in [-0.15, -0.1) is 0 Å². The summed E-state index contributed by atoms with van der Waals surface area (Å²) in [5.41, 5.74) is 0.907. The summed E-state index contributed by atoms with van der Waals surface area (Å²) in [6.45, 7) is 3.58.